The van der Waals surface area contributed by atoms with Crippen molar-refractivity contribution in [1.29, 1.82) is 0 Å². The van der Waals surface area contributed by atoms with Crippen molar-refractivity contribution in [3.8, 4) is 11.5 Å². The standard InChI is InChI=1S/C17H26N2O3/c1-12-8-9-15(16(10-12)21-4)22-11-17(20)18-19-13(2)6-5-7-14(19)3/h8-10,13-14H,5-7,11H2,1-4H3,(H,18,20). The second-order valence-corrected chi connectivity index (χ2v) is 6.01. The Morgan fingerprint density at radius 3 is 2.59 bits per heavy atom. The molecule has 2 rings (SSSR count). The third kappa shape index (κ3) is 4.13. The molecular formula is C17H26N2O3. The average Bonchev–Trinajstić information content (AvgIpc) is 2.49. The number of rotatable bonds is 5. The summed E-state index contributed by atoms with van der Waals surface area (Å²) < 4.78 is 10.9. The van der Waals surface area contributed by atoms with Crippen LogP contribution in [-0.2, 0) is 4.79 Å². The van der Waals surface area contributed by atoms with Crippen molar-refractivity contribution in [2.24, 2.45) is 0 Å². The molecule has 0 saturated carbocycles. The van der Waals surface area contributed by atoms with Gasteiger partial charge >= 0.3 is 0 Å². The van der Waals surface area contributed by atoms with Gasteiger partial charge in [-0.2, -0.15) is 0 Å². The van der Waals surface area contributed by atoms with Gasteiger partial charge in [0.1, 0.15) is 0 Å². The minimum atomic E-state index is -0.136. The van der Waals surface area contributed by atoms with Crippen molar-refractivity contribution in [3.05, 3.63) is 23.8 Å². The van der Waals surface area contributed by atoms with E-state index in [1.807, 2.05) is 30.1 Å². The average molecular weight is 306 g/mol. The van der Waals surface area contributed by atoms with Crippen LogP contribution in [0.15, 0.2) is 18.2 Å². The first-order valence-corrected chi connectivity index (χ1v) is 7.86. The Hall–Kier alpha value is -1.75. The zero-order chi connectivity index (χ0) is 16.1. The van der Waals surface area contributed by atoms with Gasteiger partial charge in [-0.3, -0.25) is 10.2 Å². The molecule has 0 aromatic heterocycles. The van der Waals surface area contributed by atoms with Crippen molar-refractivity contribution in [2.75, 3.05) is 13.7 Å². The number of hydrazine groups is 1. The van der Waals surface area contributed by atoms with E-state index in [0.717, 1.165) is 18.4 Å². The lowest BCUT2D eigenvalue weighted by molar-refractivity contribution is -0.131. The van der Waals surface area contributed by atoms with Crippen LogP contribution in [0.5, 0.6) is 11.5 Å². The first-order valence-electron chi connectivity index (χ1n) is 7.86. The van der Waals surface area contributed by atoms with Gasteiger partial charge in [0.05, 0.1) is 7.11 Å². The Morgan fingerprint density at radius 2 is 1.95 bits per heavy atom. The molecule has 1 heterocycles. The van der Waals surface area contributed by atoms with Gasteiger partial charge in [0.25, 0.3) is 5.91 Å². The number of ether oxygens (including phenoxy) is 2. The van der Waals surface area contributed by atoms with E-state index < -0.39 is 0 Å². The number of nitrogens with one attached hydrogen (secondary N) is 1. The number of carbonyl (C=O) groups excluding carboxylic acids is 1. The highest BCUT2D eigenvalue weighted by molar-refractivity contribution is 5.77. The maximum atomic E-state index is 12.1. The first-order chi connectivity index (χ1) is 10.5. The Balaban J connectivity index is 1.90. The molecule has 1 N–H and O–H groups in total. The van der Waals surface area contributed by atoms with Crippen molar-refractivity contribution in [3.63, 3.8) is 0 Å². The molecule has 1 saturated heterocycles. The van der Waals surface area contributed by atoms with Gasteiger partial charge < -0.3 is 9.47 Å². The van der Waals surface area contributed by atoms with Gasteiger partial charge in [-0.1, -0.05) is 12.5 Å². The van der Waals surface area contributed by atoms with Crippen LogP contribution in [-0.4, -0.2) is 36.7 Å². The second kappa shape index (κ2) is 7.49. The van der Waals surface area contributed by atoms with Crippen LogP contribution in [0.25, 0.3) is 0 Å². The molecule has 1 aromatic rings. The minimum Gasteiger partial charge on any atom is -0.493 e. The Morgan fingerprint density at radius 1 is 1.27 bits per heavy atom. The molecule has 1 fully saturated rings. The summed E-state index contributed by atoms with van der Waals surface area (Å²) in [6.45, 7) is 6.24. The summed E-state index contributed by atoms with van der Waals surface area (Å²) in [5.74, 6) is 1.10. The van der Waals surface area contributed by atoms with Gasteiger partial charge in [0.2, 0.25) is 0 Å². The number of aryl methyl sites for hydroxylation is 1. The zero-order valence-corrected chi connectivity index (χ0v) is 13.9. The number of amides is 1. The van der Waals surface area contributed by atoms with E-state index in [-0.39, 0.29) is 12.5 Å². The number of nitrogens with zero attached hydrogens (tertiary/aromatic N) is 1. The summed E-state index contributed by atoms with van der Waals surface area (Å²) in [6, 6.07) is 6.38. The first kappa shape index (κ1) is 16.6. The molecule has 1 aliphatic rings. The molecule has 1 aromatic carbocycles. The van der Waals surface area contributed by atoms with Crippen LogP contribution < -0.4 is 14.9 Å². The highest BCUT2D eigenvalue weighted by Gasteiger charge is 2.26. The Bertz CT molecular complexity index is 509. The van der Waals surface area contributed by atoms with Crippen LogP contribution >= 0.6 is 0 Å². The molecule has 0 spiro atoms. The maximum absolute atomic E-state index is 12.1. The van der Waals surface area contributed by atoms with Crippen LogP contribution in [0.2, 0.25) is 0 Å². The lowest BCUT2D eigenvalue weighted by Gasteiger charge is -2.38. The number of hydrogen-bond donors (Lipinski definition) is 1. The summed E-state index contributed by atoms with van der Waals surface area (Å²) in [5.41, 5.74) is 4.05. The Labute approximate surface area is 132 Å². The van der Waals surface area contributed by atoms with Crippen molar-refractivity contribution >= 4 is 5.91 Å². The molecule has 22 heavy (non-hydrogen) atoms. The lowest BCUT2D eigenvalue weighted by Crippen LogP contribution is -2.55. The van der Waals surface area contributed by atoms with Crippen molar-refractivity contribution in [2.45, 2.75) is 52.1 Å². The minimum absolute atomic E-state index is 0.0185. The molecule has 5 nitrogen and oxygen atoms in total. The Kier molecular flexibility index (Phi) is 5.66. The van der Waals surface area contributed by atoms with Crippen LogP contribution in [0.4, 0.5) is 0 Å². The molecular weight excluding hydrogens is 280 g/mol. The fraction of sp³-hybridized carbons (Fsp3) is 0.588. The highest BCUT2D eigenvalue weighted by Crippen LogP contribution is 2.27. The fourth-order valence-electron chi connectivity index (χ4n) is 2.86. The molecule has 122 valence electrons. The molecule has 0 aliphatic carbocycles. The third-order valence-corrected chi connectivity index (χ3v) is 4.13. The van der Waals surface area contributed by atoms with E-state index in [0.29, 0.717) is 23.6 Å². The summed E-state index contributed by atoms with van der Waals surface area (Å²) >= 11 is 0. The van der Waals surface area contributed by atoms with Crippen LogP contribution in [0.1, 0.15) is 38.7 Å². The van der Waals surface area contributed by atoms with Crippen molar-refractivity contribution < 1.29 is 14.3 Å². The monoisotopic (exact) mass is 306 g/mol. The third-order valence-electron chi connectivity index (χ3n) is 4.13. The molecule has 2 atom stereocenters. The largest absolute Gasteiger partial charge is 0.493 e. The molecule has 0 radical (unpaired) electrons. The SMILES string of the molecule is COc1cc(C)ccc1OCC(=O)NN1C(C)CCCC1C. The van der Waals surface area contributed by atoms with Gasteiger partial charge in [0, 0.05) is 12.1 Å². The predicted molar refractivity (Wildman–Crippen MR) is 86.0 cm³/mol. The topological polar surface area (TPSA) is 50.8 Å². The molecule has 0 bridgehead atoms. The zero-order valence-electron chi connectivity index (χ0n) is 13.9. The molecule has 1 aliphatic heterocycles. The second-order valence-electron chi connectivity index (χ2n) is 6.01. The number of methoxy groups -OCH3 is 1. The number of hydrogen-bond acceptors (Lipinski definition) is 4. The van der Waals surface area contributed by atoms with E-state index in [2.05, 4.69) is 19.3 Å². The van der Waals surface area contributed by atoms with E-state index in [1.54, 1.807) is 7.11 Å². The molecule has 2 unspecified atom stereocenters. The summed E-state index contributed by atoms with van der Waals surface area (Å²) in [7, 11) is 1.60. The van der Waals surface area contributed by atoms with E-state index in [9.17, 15) is 4.79 Å². The lowest BCUT2D eigenvalue weighted by atomic mass is 10.00. The molecule has 5 heteroatoms. The number of piperidine rings is 1. The van der Waals surface area contributed by atoms with Gasteiger partial charge in [-0.25, -0.2) is 5.01 Å². The van der Waals surface area contributed by atoms with Crippen LogP contribution in [0.3, 0.4) is 0 Å². The van der Waals surface area contributed by atoms with E-state index in [1.165, 1.54) is 6.42 Å². The predicted octanol–water partition coefficient (Wildman–Crippen LogP) is 2.68. The smallest absolute Gasteiger partial charge is 0.272 e. The van der Waals surface area contributed by atoms with Crippen LogP contribution in [0, 0.1) is 6.92 Å². The summed E-state index contributed by atoms with van der Waals surface area (Å²) in [5, 5.41) is 2.04. The highest BCUT2D eigenvalue weighted by atomic mass is 16.5. The van der Waals surface area contributed by atoms with E-state index in [4.69, 9.17) is 9.47 Å². The van der Waals surface area contributed by atoms with Crippen molar-refractivity contribution in [1.82, 2.24) is 10.4 Å². The van der Waals surface area contributed by atoms with Gasteiger partial charge in [-0.15, -0.1) is 0 Å². The van der Waals surface area contributed by atoms with Gasteiger partial charge in [0.15, 0.2) is 18.1 Å². The van der Waals surface area contributed by atoms with Gasteiger partial charge in [-0.05, 0) is 51.3 Å². The normalized spacial score (nSPS) is 22.2. The quantitative estimate of drug-likeness (QED) is 0.908. The summed E-state index contributed by atoms with van der Waals surface area (Å²) in [4.78, 5) is 12.1. The van der Waals surface area contributed by atoms with E-state index >= 15 is 0 Å². The molecule has 1 amide bonds. The fourth-order valence-corrected chi connectivity index (χ4v) is 2.86. The summed E-state index contributed by atoms with van der Waals surface area (Å²) in [6.07, 6.45) is 3.43. The maximum Gasteiger partial charge on any atom is 0.272 e. The number of carbonyl (C=O) groups is 1. The number of benzene rings is 1.